The lowest BCUT2D eigenvalue weighted by molar-refractivity contribution is 1.11. The predicted molar refractivity (Wildman–Crippen MR) is 46.5 cm³/mol. The van der Waals surface area contributed by atoms with E-state index in [0.717, 1.165) is 37.8 Å². The summed E-state index contributed by atoms with van der Waals surface area (Å²) in [4.78, 5) is 12.9. The first-order chi connectivity index (χ1) is 5.93. The molecule has 3 heterocycles. The van der Waals surface area contributed by atoms with E-state index in [1.807, 2.05) is 0 Å². The molecule has 0 unspecified atom stereocenters. The third kappa shape index (κ3) is 0.995. The lowest BCUT2D eigenvalue weighted by Gasteiger charge is -2.04. The molecule has 2 aliphatic rings. The molecule has 0 aromatic carbocycles. The Balaban J connectivity index is 1.93. The molecule has 1 aromatic heterocycles. The summed E-state index contributed by atoms with van der Waals surface area (Å²) < 4.78 is 0. The molecule has 0 spiro atoms. The van der Waals surface area contributed by atoms with Crippen molar-refractivity contribution >= 4 is 11.6 Å². The normalized spacial score (nSPS) is 19.7. The molecule has 2 fully saturated rings. The standard InChI is InChI=1S/C8H10N4/c1-2-11(1)7-5-8(10-6-9-7)12-3-4-12/h5-6H,1-4H2. The number of aromatic nitrogens is 2. The maximum Gasteiger partial charge on any atom is 0.134 e. The first-order valence-electron chi connectivity index (χ1n) is 4.25. The van der Waals surface area contributed by atoms with Gasteiger partial charge in [0.2, 0.25) is 0 Å². The van der Waals surface area contributed by atoms with Crippen molar-refractivity contribution in [1.82, 2.24) is 9.97 Å². The van der Waals surface area contributed by atoms with Gasteiger partial charge in [-0.15, -0.1) is 0 Å². The summed E-state index contributed by atoms with van der Waals surface area (Å²) in [5, 5.41) is 0. The van der Waals surface area contributed by atoms with Crippen molar-refractivity contribution in [3.8, 4) is 0 Å². The second kappa shape index (κ2) is 2.09. The molecule has 0 radical (unpaired) electrons. The number of anilines is 2. The van der Waals surface area contributed by atoms with Crippen LogP contribution in [0.3, 0.4) is 0 Å². The fraction of sp³-hybridized carbons (Fsp3) is 0.500. The summed E-state index contributed by atoms with van der Waals surface area (Å²) >= 11 is 0. The molecular weight excluding hydrogens is 152 g/mol. The van der Waals surface area contributed by atoms with Crippen LogP contribution in [0.15, 0.2) is 12.4 Å². The highest BCUT2D eigenvalue weighted by atomic mass is 15.3. The molecule has 0 N–H and O–H groups in total. The third-order valence-electron chi connectivity index (χ3n) is 2.18. The molecule has 0 atom stereocenters. The van der Waals surface area contributed by atoms with Crippen molar-refractivity contribution in [2.75, 3.05) is 36.0 Å². The Labute approximate surface area is 70.8 Å². The van der Waals surface area contributed by atoms with Gasteiger partial charge in [-0.3, -0.25) is 0 Å². The van der Waals surface area contributed by atoms with Gasteiger partial charge in [-0.05, 0) is 0 Å². The highest BCUT2D eigenvalue weighted by Gasteiger charge is 2.23. The van der Waals surface area contributed by atoms with Crippen LogP contribution in [-0.2, 0) is 0 Å². The van der Waals surface area contributed by atoms with Crippen molar-refractivity contribution in [1.29, 1.82) is 0 Å². The zero-order valence-corrected chi connectivity index (χ0v) is 6.77. The van der Waals surface area contributed by atoms with Crippen molar-refractivity contribution in [3.63, 3.8) is 0 Å². The minimum absolute atomic E-state index is 1.08. The molecule has 0 saturated carbocycles. The highest BCUT2D eigenvalue weighted by Crippen LogP contribution is 2.24. The van der Waals surface area contributed by atoms with E-state index in [4.69, 9.17) is 0 Å². The summed E-state index contributed by atoms with van der Waals surface area (Å²) in [6.07, 6.45) is 1.65. The van der Waals surface area contributed by atoms with Crippen LogP contribution in [0, 0.1) is 0 Å². The third-order valence-corrected chi connectivity index (χ3v) is 2.18. The first-order valence-corrected chi connectivity index (χ1v) is 4.25. The molecular formula is C8H10N4. The molecule has 2 saturated heterocycles. The molecule has 4 heteroatoms. The van der Waals surface area contributed by atoms with Gasteiger partial charge in [-0.2, -0.15) is 0 Å². The van der Waals surface area contributed by atoms with Crippen molar-refractivity contribution in [3.05, 3.63) is 12.4 Å². The van der Waals surface area contributed by atoms with E-state index in [0.29, 0.717) is 0 Å². The molecule has 0 amide bonds. The van der Waals surface area contributed by atoms with Gasteiger partial charge in [0.25, 0.3) is 0 Å². The van der Waals surface area contributed by atoms with E-state index in [9.17, 15) is 0 Å². The average molecular weight is 162 g/mol. The minimum atomic E-state index is 1.08. The van der Waals surface area contributed by atoms with Gasteiger partial charge in [0.15, 0.2) is 0 Å². The van der Waals surface area contributed by atoms with Gasteiger partial charge >= 0.3 is 0 Å². The summed E-state index contributed by atoms with van der Waals surface area (Å²) in [6, 6.07) is 2.07. The van der Waals surface area contributed by atoms with Gasteiger partial charge in [-0.1, -0.05) is 0 Å². The van der Waals surface area contributed by atoms with Crippen LogP contribution in [0.4, 0.5) is 11.6 Å². The zero-order chi connectivity index (χ0) is 7.97. The van der Waals surface area contributed by atoms with Gasteiger partial charge < -0.3 is 9.80 Å². The first kappa shape index (κ1) is 6.22. The largest absolute Gasteiger partial charge is 0.353 e. The Morgan fingerprint density at radius 2 is 1.42 bits per heavy atom. The van der Waals surface area contributed by atoms with Crippen LogP contribution in [0.5, 0.6) is 0 Å². The average Bonchev–Trinajstić information content (AvgIpc) is 2.98. The molecule has 0 aliphatic carbocycles. The molecule has 3 rings (SSSR count). The van der Waals surface area contributed by atoms with Crippen LogP contribution in [-0.4, -0.2) is 36.1 Å². The summed E-state index contributed by atoms with van der Waals surface area (Å²) in [7, 11) is 0. The van der Waals surface area contributed by atoms with Gasteiger partial charge in [0.1, 0.15) is 18.0 Å². The van der Waals surface area contributed by atoms with Crippen molar-refractivity contribution < 1.29 is 0 Å². The zero-order valence-electron chi connectivity index (χ0n) is 6.77. The molecule has 2 aliphatic heterocycles. The van der Waals surface area contributed by atoms with Gasteiger partial charge in [0, 0.05) is 32.2 Å². The van der Waals surface area contributed by atoms with Crippen LogP contribution >= 0.6 is 0 Å². The van der Waals surface area contributed by atoms with Crippen LogP contribution in [0.1, 0.15) is 0 Å². The number of rotatable bonds is 2. The summed E-state index contributed by atoms with van der Waals surface area (Å²) in [5.74, 6) is 2.15. The summed E-state index contributed by atoms with van der Waals surface area (Å²) in [6.45, 7) is 4.60. The van der Waals surface area contributed by atoms with E-state index in [1.54, 1.807) is 6.33 Å². The predicted octanol–water partition coefficient (Wildman–Crippen LogP) is 0.117. The van der Waals surface area contributed by atoms with E-state index in [1.165, 1.54) is 0 Å². The quantitative estimate of drug-likeness (QED) is 0.578. The molecule has 12 heavy (non-hydrogen) atoms. The molecule has 4 nitrogen and oxygen atoms in total. The van der Waals surface area contributed by atoms with Crippen LogP contribution in [0.25, 0.3) is 0 Å². The fourth-order valence-electron chi connectivity index (χ4n) is 1.24. The Kier molecular flexibility index (Phi) is 1.08. The van der Waals surface area contributed by atoms with E-state index >= 15 is 0 Å². The van der Waals surface area contributed by atoms with Crippen LogP contribution in [0.2, 0.25) is 0 Å². The highest BCUT2D eigenvalue weighted by molar-refractivity contribution is 5.55. The smallest absolute Gasteiger partial charge is 0.134 e. The number of nitrogens with zero attached hydrogens (tertiary/aromatic N) is 4. The fourth-order valence-corrected chi connectivity index (χ4v) is 1.24. The number of hydrogen-bond acceptors (Lipinski definition) is 4. The Morgan fingerprint density at radius 3 is 1.83 bits per heavy atom. The maximum absolute atomic E-state index is 4.20. The van der Waals surface area contributed by atoms with E-state index in [2.05, 4.69) is 25.8 Å². The molecule has 0 bridgehead atoms. The van der Waals surface area contributed by atoms with E-state index in [-0.39, 0.29) is 0 Å². The second-order valence-electron chi connectivity index (χ2n) is 3.21. The minimum Gasteiger partial charge on any atom is -0.353 e. The monoisotopic (exact) mass is 162 g/mol. The second-order valence-corrected chi connectivity index (χ2v) is 3.21. The van der Waals surface area contributed by atoms with Crippen LogP contribution < -0.4 is 9.80 Å². The summed E-state index contributed by atoms with van der Waals surface area (Å²) in [5.41, 5.74) is 0. The number of hydrogen-bond donors (Lipinski definition) is 0. The molecule has 1 aromatic rings. The Hall–Kier alpha value is -1.32. The maximum atomic E-state index is 4.20. The molecule has 62 valence electrons. The lowest BCUT2D eigenvalue weighted by Crippen LogP contribution is -1.99. The topological polar surface area (TPSA) is 31.8 Å². The van der Waals surface area contributed by atoms with Crippen molar-refractivity contribution in [2.24, 2.45) is 0 Å². The van der Waals surface area contributed by atoms with Gasteiger partial charge in [-0.25, -0.2) is 9.97 Å². The SMILES string of the molecule is c1nc(N2CC2)cc(N2CC2)n1. The lowest BCUT2D eigenvalue weighted by atomic mass is 10.5. The van der Waals surface area contributed by atoms with E-state index < -0.39 is 0 Å². The van der Waals surface area contributed by atoms with Crippen molar-refractivity contribution in [2.45, 2.75) is 0 Å². The Morgan fingerprint density at radius 1 is 0.917 bits per heavy atom. The van der Waals surface area contributed by atoms with Gasteiger partial charge in [0.05, 0.1) is 0 Å². The Bertz CT molecular complexity index is 276.